The number of thioether (sulfide) groups is 1. The standard InChI is InChI=1S/C16H18N2O2S/c1-19-13-8-7-11(16(17)18)9-12(13)10-20-14-5-3-4-6-15(14)21-2/h3-9H,10H2,1-2H3,(H3,17,18). The maximum atomic E-state index is 7.51. The highest BCUT2D eigenvalue weighted by molar-refractivity contribution is 7.98. The molecule has 0 saturated carbocycles. The third-order valence-corrected chi connectivity index (χ3v) is 3.82. The van der Waals surface area contributed by atoms with Crippen LogP contribution in [-0.4, -0.2) is 19.2 Å². The minimum atomic E-state index is 0.0309. The molecule has 0 aliphatic rings. The van der Waals surface area contributed by atoms with Crippen molar-refractivity contribution >= 4 is 17.6 Å². The predicted molar refractivity (Wildman–Crippen MR) is 86.6 cm³/mol. The second-order valence-electron chi connectivity index (χ2n) is 4.38. The van der Waals surface area contributed by atoms with E-state index in [1.807, 2.05) is 36.6 Å². The molecule has 2 aromatic rings. The lowest BCUT2D eigenvalue weighted by molar-refractivity contribution is 0.290. The van der Waals surface area contributed by atoms with Crippen LogP contribution >= 0.6 is 11.8 Å². The maximum absolute atomic E-state index is 7.51. The summed E-state index contributed by atoms with van der Waals surface area (Å²) in [6.07, 6.45) is 2.01. The first kappa shape index (κ1) is 15.3. The summed E-state index contributed by atoms with van der Waals surface area (Å²) in [4.78, 5) is 1.08. The number of nitrogens with two attached hydrogens (primary N) is 1. The van der Waals surface area contributed by atoms with Gasteiger partial charge in [0.25, 0.3) is 0 Å². The minimum absolute atomic E-state index is 0.0309. The zero-order valence-corrected chi connectivity index (χ0v) is 12.9. The second-order valence-corrected chi connectivity index (χ2v) is 5.23. The molecule has 0 fully saturated rings. The lowest BCUT2D eigenvalue weighted by atomic mass is 10.1. The fourth-order valence-electron chi connectivity index (χ4n) is 1.95. The van der Waals surface area contributed by atoms with Crippen LogP contribution < -0.4 is 15.2 Å². The van der Waals surface area contributed by atoms with Gasteiger partial charge in [-0.2, -0.15) is 0 Å². The van der Waals surface area contributed by atoms with Gasteiger partial charge in [0.2, 0.25) is 0 Å². The molecule has 0 spiro atoms. The quantitative estimate of drug-likeness (QED) is 0.488. The number of nitrogens with one attached hydrogen (secondary N) is 1. The largest absolute Gasteiger partial charge is 0.496 e. The molecule has 0 radical (unpaired) electrons. The molecule has 0 saturated heterocycles. The molecule has 0 aromatic heterocycles. The summed E-state index contributed by atoms with van der Waals surface area (Å²) in [5.41, 5.74) is 7.05. The lowest BCUT2D eigenvalue weighted by Gasteiger charge is -2.13. The van der Waals surface area contributed by atoms with Gasteiger partial charge < -0.3 is 15.2 Å². The Morgan fingerprint density at radius 2 is 1.95 bits per heavy atom. The van der Waals surface area contributed by atoms with E-state index in [0.29, 0.717) is 12.2 Å². The first-order chi connectivity index (χ1) is 10.2. The Balaban J connectivity index is 2.22. The lowest BCUT2D eigenvalue weighted by Crippen LogP contribution is -2.12. The highest BCUT2D eigenvalue weighted by Gasteiger charge is 2.08. The number of rotatable bonds is 6. The molecule has 0 heterocycles. The molecular formula is C16H18N2O2S. The van der Waals surface area contributed by atoms with Gasteiger partial charge in [0, 0.05) is 16.0 Å². The van der Waals surface area contributed by atoms with Crippen molar-refractivity contribution in [2.45, 2.75) is 11.5 Å². The van der Waals surface area contributed by atoms with Gasteiger partial charge in [-0.1, -0.05) is 12.1 Å². The molecular weight excluding hydrogens is 284 g/mol. The molecule has 3 N–H and O–H groups in total. The summed E-state index contributed by atoms with van der Waals surface area (Å²) in [6, 6.07) is 13.3. The molecule has 0 bridgehead atoms. The number of methoxy groups -OCH3 is 1. The molecule has 2 aromatic carbocycles. The average Bonchev–Trinajstić information content (AvgIpc) is 2.52. The van der Waals surface area contributed by atoms with E-state index in [9.17, 15) is 0 Å². The maximum Gasteiger partial charge on any atom is 0.133 e. The van der Waals surface area contributed by atoms with Gasteiger partial charge in [-0.05, 0) is 36.6 Å². The summed E-state index contributed by atoms with van der Waals surface area (Å²) in [5, 5.41) is 7.51. The van der Waals surface area contributed by atoms with Crippen LogP contribution in [0.15, 0.2) is 47.4 Å². The van der Waals surface area contributed by atoms with Crippen LogP contribution in [-0.2, 0) is 6.61 Å². The SMILES string of the molecule is COc1ccc(C(=N)N)cc1COc1ccccc1SC. The topological polar surface area (TPSA) is 68.3 Å². The molecule has 21 heavy (non-hydrogen) atoms. The van der Waals surface area contributed by atoms with Crippen molar-refractivity contribution in [3.05, 3.63) is 53.6 Å². The van der Waals surface area contributed by atoms with Gasteiger partial charge in [-0.3, -0.25) is 5.41 Å². The van der Waals surface area contributed by atoms with Gasteiger partial charge in [0.1, 0.15) is 23.9 Å². The summed E-state index contributed by atoms with van der Waals surface area (Å²) in [6.45, 7) is 0.363. The normalized spacial score (nSPS) is 10.2. The van der Waals surface area contributed by atoms with Crippen LogP contribution in [0.4, 0.5) is 0 Å². The Morgan fingerprint density at radius 3 is 2.62 bits per heavy atom. The fourth-order valence-corrected chi connectivity index (χ4v) is 2.50. The van der Waals surface area contributed by atoms with Gasteiger partial charge in [-0.25, -0.2) is 0 Å². The Bertz CT molecular complexity index is 644. The molecule has 0 amide bonds. The zero-order valence-electron chi connectivity index (χ0n) is 12.1. The van der Waals surface area contributed by atoms with Crippen molar-refractivity contribution in [2.24, 2.45) is 5.73 Å². The van der Waals surface area contributed by atoms with Gasteiger partial charge in [0.15, 0.2) is 0 Å². The third kappa shape index (κ3) is 3.70. The summed E-state index contributed by atoms with van der Waals surface area (Å²) in [5.74, 6) is 1.59. The Morgan fingerprint density at radius 1 is 1.19 bits per heavy atom. The van der Waals surface area contributed by atoms with E-state index < -0.39 is 0 Å². The van der Waals surface area contributed by atoms with Crippen LogP contribution in [0.5, 0.6) is 11.5 Å². The third-order valence-electron chi connectivity index (χ3n) is 3.04. The van der Waals surface area contributed by atoms with Crippen LogP contribution in [0.3, 0.4) is 0 Å². The molecule has 2 rings (SSSR count). The van der Waals surface area contributed by atoms with E-state index in [1.54, 1.807) is 31.0 Å². The van der Waals surface area contributed by atoms with E-state index >= 15 is 0 Å². The summed E-state index contributed by atoms with van der Waals surface area (Å²) >= 11 is 1.64. The van der Waals surface area contributed by atoms with E-state index in [0.717, 1.165) is 22.0 Å². The molecule has 4 nitrogen and oxygen atoms in total. The molecule has 5 heteroatoms. The average molecular weight is 302 g/mol. The van der Waals surface area contributed by atoms with E-state index in [2.05, 4.69) is 0 Å². The second kappa shape index (κ2) is 7.04. The first-order valence-corrected chi connectivity index (χ1v) is 7.65. The van der Waals surface area contributed by atoms with E-state index in [-0.39, 0.29) is 5.84 Å². The number of hydrogen-bond acceptors (Lipinski definition) is 4. The molecule has 0 unspecified atom stereocenters. The highest BCUT2D eigenvalue weighted by atomic mass is 32.2. The Kier molecular flexibility index (Phi) is 5.11. The van der Waals surface area contributed by atoms with Crippen molar-refractivity contribution in [1.82, 2.24) is 0 Å². The van der Waals surface area contributed by atoms with Crippen molar-refractivity contribution in [1.29, 1.82) is 5.41 Å². The highest BCUT2D eigenvalue weighted by Crippen LogP contribution is 2.29. The zero-order chi connectivity index (χ0) is 15.2. The number of para-hydroxylation sites is 1. The number of ether oxygens (including phenoxy) is 2. The van der Waals surface area contributed by atoms with Crippen molar-refractivity contribution in [3.8, 4) is 11.5 Å². The van der Waals surface area contributed by atoms with Crippen LogP contribution in [0.2, 0.25) is 0 Å². The van der Waals surface area contributed by atoms with Gasteiger partial charge in [0.05, 0.1) is 7.11 Å². The summed E-state index contributed by atoms with van der Waals surface area (Å²) in [7, 11) is 1.61. The number of hydrogen-bond donors (Lipinski definition) is 2. The molecule has 0 aliphatic heterocycles. The Labute approximate surface area is 128 Å². The van der Waals surface area contributed by atoms with Crippen molar-refractivity contribution in [3.63, 3.8) is 0 Å². The van der Waals surface area contributed by atoms with E-state index in [1.165, 1.54) is 0 Å². The van der Waals surface area contributed by atoms with Crippen molar-refractivity contribution in [2.75, 3.05) is 13.4 Å². The van der Waals surface area contributed by atoms with Crippen molar-refractivity contribution < 1.29 is 9.47 Å². The molecule has 0 aliphatic carbocycles. The predicted octanol–water partition coefficient (Wildman–Crippen LogP) is 3.28. The number of nitrogen functional groups attached to an aromatic ring is 1. The fraction of sp³-hybridized carbons (Fsp3) is 0.188. The monoisotopic (exact) mass is 302 g/mol. The van der Waals surface area contributed by atoms with Gasteiger partial charge in [-0.15, -0.1) is 11.8 Å². The van der Waals surface area contributed by atoms with E-state index in [4.69, 9.17) is 20.6 Å². The molecule has 0 atom stereocenters. The number of amidine groups is 1. The van der Waals surface area contributed by atoms with Crippen LogP contribution in [0, 0.1) is 5.41 Å². The minimum Gasteiger partial charge on any atom is -0.496 e. The van der Waals surface area contributed by atoms with Crippen LogP contribution in [0.25, 0.3) is 0 Å². The summed E-state index contributed by atoms with van der Waals surface area (Å²) < 4.78 is 11.2. The smallest absolute Gasteiger partial charge is 0.133 e. The molecule has 110 valence electrons. The Hall–Kier alpha value is -2.14. The first-order valence-electron chi connectivity index (χ1n) is 6.43. The van der Waals surface area contributed by atoms with Gasteiger partial charge >= 0.3 is 0 Å². The number of benzene rings is 2. The van der Waals surface area contributed by atoms with Crippen LogP contribution in [0.1, 0.15) is 11.1 Å².